The maximum absolute atomic E-state index is 14.0. The maximum atomic E-state index is 14.0. The van der Waals surface area contributed by atoms with Crippen molar-refractivity contribution < 1.29 is 27.1 Å². The first-order chi connectivity index (χ1) is 15.3. The van der Waals surface area contributed by atoms with Crippen LogP contribution in [-0.4, -0.2) is 34.1 Å². The molecule has 166 valence electrons. The molecule has 1 heterocycles. The molecule has 3 aromatic carbocycles. The molecule has 7 nitrogen and oxygen atoms in total. The molecule has 1 aliphatic rings. The summed E-state index contributed by atoms with van der Waals surface area (Å²) in [5, 5.41) is 2.48. The van der Waals surface area contributed by atoms with Crippen LogP contribution in [0, 0.1) is 12.7 Å². The number of carbonyl (C=O) groups excluding carboxylic acids is 1. The fourth-order valence-corrected chi connectivity index (χ4v) is 4.85. The predicted octanol–water partition coefficient (Wildman–Crippen LogP) is 3.74. The van der Waals surface area contributed by atoms with Crippen molar-refractivity contribution in [2.45, 2.75) is 17.9 Å². The summed E-state index contributed by atoms with van der Waals surface area (Å²) >= 11 is 0. The number of amides is 1. The smallest absolute Gasteiger partial charge is 0.267 e. The number of carbonyl (C=O) groups is 1. The second kappa shape index (κ2) is 8.51. The van der Waals surface area contributed by atoms with Gasteiger partial charge in [-0.15, -0.1) is 0 Å². The molecule has 32 heavy (non-hydrogen) atoms. The van der Waals surface area contributed by atoms with Gasteiger partial charge in [0.1, 0.15) is 17.3 Å². The van der Waals surface area contributed by atoms with Gasteiger partial charge in [0.25, 0.3) is 15.9 Å². The van der Waals surface area contributed by atoms with Crippen LogP contribution in [0.3, 0.4) is 0 Å². The monoisotopic (exact) mass is 456 g/mol. The lowest BCUT2D eigenvalue weighted by atomic mass is 10.1. The van der Waals surface area contributed by atoms with Gasteiger partial charge in [0.05, 0.1) is 29.9 Å². The lowest BCUT2D eigenvalue weighted by Crippen LogP contribution is -2.48. The Bertz CT molecular complexity index is 1260. The molecule has 9 heteroatoms. The molecule has 0 aliphatic carbocycles. The van der Waals surface area contributed by atoms with Crippen molar-refractivity contribution in [3.05, 3.63) is 78.1 Å². The van der Waals surface area contributed by atoms with E-state index in [0.29, 0.717) is 11.4 Å². The molecular weight excluding hydrogens is 435 g/mol. The molecular formula is C23H21FN2O5S. The summed E-state index contributed by atoms with van der Waals surface area (Å²) in [6.07, 6.45) is -1.18. The average Bonchev–Trinajstić information content (AvgIpc) is 2.79. The number of nitrogens with zero attached hydrogens (tertiary/aromatic N) is 1. The van der Waals surface area contributed by atoms with Crippen molar-refractivity contribution in [3.63, 3.8) is 0 Å². The minimum absolute atomic E-state index is 0.0132. The number of anilines is 2. The fraction of sp³-hybridized carbons (Fsp3) is 0.174. The highest BCUT2D eigenvalue weighted by atomic mass is 32.2. The highest BCUT2D eigenvalue weighted by Gasteiger charge is 2.37. The third-order valence-electron chi connectivity index (χ3n) is 5.06. The first-order valence-corrected chi connectivity index (χ1v) is 11.2. The molecule has 0 fully saturated rings. The molecule has 1 amide bonds. The van der Waals surface area contributed by atoms with Crippen LogP contribution in [0.2, 0.25) is 0 Å². The maximum Gasteiger partial charge on any atom is 0.267 e. The minimum atomic E-state index is -4.02. The number of ether oxygens (including phenoxy) is 2. The van der Waals surface area contributed by atoms with Crippen LogP contribution in [0.5, 0.6) is 11.5 Å². The van der Waals surface area contributed by atoms with E-state index in [2.05, 4.69) is 5.32 Å². The summed E-state index contributed by atoms with van der Waals surface area (Å²) in [5.74, 6) is -0.487. The number of methoxy groups -OCH3 is 1. The molecule has 4 rings (SSSR count). The average molecular weight is 456 g/mol. The van der Waals surface area contributed by atoms with Gasteiger partial charge in [-0.05, 0) is 61.0 Å². The number of rotatable bonds is 5. The highest BCUT2D eigenvalue weighted by Crippen LogP contribution is 2.38. The Morgan fingerprint density at radius 1 is 1.12 bits per heavy atom. The first-order valence-electron chi connectivity index (χ1n) is 9.79. The van der Waals surface area contributed by atoms with Crippen LogP contribution in [0.1, 0.15) is 5.56 Å². The van der Waals surface area contributed by atoms with Crippen molar-refractivity contribution in [2.75, 3.05) is 23.3 Å². The Morgan fingerprint density at radius 3 is 2.53 bits per heavy atom. The second-order valence-electron chi connectivity index (χ2n) is 7.26. The summed E-state index contributed by atoms with van der Waals surface area (Å²) in [7, 11) is -2.53. The number of hydrogen-bond donors (Lipinski definition) is 1. The summed E-state index contributed by atoms with van der Waals surface area (Å²) in [6, 6.07) is 16.7. The van der Waals surface area contributed by atoms with Crippen LogP contribution >= 0.6 is 0 Å². The molecule has 0 bridgehead atoms. The van der Waals surface area contributed by atoms with Gasteiger partial charge >= 0.3 is 0 Å². The summed E-state index contributed by atoms with van der Waals surface area (Å²) < 4.78 is 53.0. The highest BCUT2D eigenvalue weighted by molar-refractivity contribution is 7.92. The van der Waals surface area contributed by atoms with Crippen LogP contribution in [0.15, 0.2) is 71.6 Å². The molecule has 0 radical (unpaired) electrons. The standard InChI is InChI=1S/C23H21FN2O5S/c1-15-7-12-20-21(13-15)31-22(23(27)25-19-6-4-3-5-18(19)24)14-26(20)32(28,29)17-10-8-16(30-2)9-11-17/h3-13,22H,14H2,1-2H3,(H,25,27). The van der Waals surface area contributed by atoms with E-state index in [4.69, 9.17) is 9.47 Å². The zero-order chi connectivity index (χ0) is 22.9. The zero-order valence-corrected chi connectivity index (χ0v) is 18.2. The quantitative estimate of drug-likeness (QED) is 0.632. The second-order valence-corrected chi connectivity index (χ2v) is 9.12. The Morgan fingerprint density at radius 2 is 1.84 bits per heavy atom. The van der Waals surface area contributed by atoms with Gasteiger partial charge in [0, 0.05) is 0 Å². The zero-order valence-electron chi connectivity index (χ0n) is 17.4. The number of sulfonamides is 1. The number of para-hydroxylation sites is 1. The summed E-state index contributed by atoms with van der Waals surface area (Å²) in [6.45, 7) is 1.56. The molecule has 1 N–H and O–H groups in total. The van der Waals surface area contributed by atoms with Crippen LogP contribution in [0.25, 0.3) is 0 Å². The summed E-state index contributed by atoms with van der Waals surface area (Å²) in [5.41, 5.74) is 1.14. The van der Waals surface area contributed by atoms with Gasteiger partial charge in [0.15, 0.2) is 6.10 Å². The Balaban J connectivity index is 1.70. The van der Waals surface area contributed by atoms with Gasteiger partial charge < -0.3 is 14.8 Å². The SMILES string of the molecule is COc1ccc(S(=O)(=O)N2CC(C(=O)Nc3ccccc3F)Oc3cc(C)ccc32)cc1. The fourth-order valence-electron chi connectivity index (χ4n) is 3.38. The van der Waals surface area contributed by atoms with Gasteiger partial charge in [-0.25, -0.2) is 12.8 Å². The Kier molecular flexibility index (Phi) is 5.75. The number of nitrogens with one attached hydrogen (secondary N) is 1. The van der Waals surface area contributed by atoms with Crippen molar-refractivity contribution in [3.8, 4) is 11.5 Å². The molecule has 3 aromatic rings. The topological polar surface area (TPSA) is 84.9 Å². The largest absolute Gasteiger partial charge is 0.497 e. The normalized spacial score (nSPS) is 15.5. The third kappa shape index (κ3) is 4.11. The van der Waals surface area contributed by atoms with E-state index in [0.717, 1.165) is 9.87 Å². The van der Waals surface area contributed by atoms with E-state index in [9.17, 15) is 17.6 Å². The molecule has 0 spiro atoms. The number of hydrogen-bond acceptors (Lipinski definition) is 5. The number of aryl methyl sites for hydroxylation is 1. The lowest BCUT2D eigenvalue weighted by Gasteiger charge is -2.35. The van der Waals surface area contributed by atoms with Crippen LogP contribution in [-0.2, 0) is 14.8 Å². The van der Waals surface area contributed by atoms with E-state index in [1.165, 1.54) is 37.4 Å². The lowest BCUT2D eigenvalue weighted by molar-refractivity contribution is -0.122. The van der Waals surface area contributed by atoms with E-state index in [1.54, 1.807) is 36.4 Å². The van der Waals surface area contributed by atoms with E-state index in [1.807, 2.05) is 6.92 Å². The molecule has 0 aromatic heterocycles. The predicted molar refractivity (Wildman–Crippen MR) is 118 cm³/mol. The molecule has 1 unspecified atom stereocenters. The minimum Gasteiger partial charge on any atom is -0.497 e. The van der Waals surface area contributed by atoms with E-state index < -0.39 is 27.9 Å². The van der Waals surface area contributed by atoms with Gasteiger partial charge in [0.2, 0.25) is 0 Å². The Hall–Kier alpha value is -3.59. The van der Waals surface area contributed by atoms with Gasteiger partial charge in [-0.1, -0.05) is 18.2 Å². The van der Waals surface area contributed by atoms with Gasteiger partial charge in [-0.2, -0.15) is 0 Å². The van der Waals surface area contributed by atoms with Gasteiger partial charge in [-0.3, -0.25) is 9.10 Å². The van der Waals surface area contributed by atoms with Crippen LogP contribution < -0.4 is 19.1 Å². The van der Waals surface area contributed by atoms with Crippen molar-refractivity contribution in [1.82, 2.24) is 0 Å². The van der Waals surface area contributed by atoms with Crippen LogP contribution in [0.4, 0.5) is 15.8 Å². The summed E-state index contributed by atoms with van der Waals surface area (Å²) in [4.78, 5) is 12.9. The molecule has 1 aliphatic heterocycles. The molecule has 0 saturated carbocycles. The van der Waals surface area contributed by atoms with Crippen molar-refractivity contribution >= 4 is 27.3 Å². The van der Waals surface area contributed by atoms with E-state index in [-0.39, 0.29) is 22.9 Å². The number of benzene rings is 3. The first kappa shape index (κ1) is 21.6. The van der Waals surface area contributed by atoms with E-state index >= 15 is 0 Å². The molecule has 0 saturated heterocycles. The number of fused-ring (bicyclic) bond motifs is 1. The van der Waals surface area contributed by atoms with Crippen molar-refractivity contribution in [2.24, 2.45) is 0 Å². The molecule has 1 atom stereocenters. The number of halogens is 1. The van der Waals surface area contributed by atoms with Crippen molar-refractivity contribution in [1.29, 1.82) is 0 Å². The Labute approximate surface area is 185 Å². The third-order valence-corrected chi connectivity index (χ3v) is 6.85.